The monoisotopic (exact) mass is 402 g/mol. The molecule has 7 heteroatoms. The number of hydrogen-bond donors (Lipinski definition) is 2. The molecule has 6 nitrogen and oxygen atoms in total. The van der Waals surface area contributed by atoms with Gasteiger partial charge in [0.05, 0.1) is 13.2 Å². The predicted molar refractivity (Wildman–Crippen MR) is 107 cm³/mol. The number of para-hydroxylation sites is 1. The van der Waals surface area contributed by atoms with Crippen LogP contribution in [0, 0.1) is 0 Å². The minimum absolute atomic E-state index is 0.0172. The number of aliphatic hydroxyl groups excluding tert-OH is 1. The van der Waals surface area contributed by atoms with Gasteiger partial charge in [0.25, 0.3) is 0 Å². The lowest BCUT2D eigenvalue weighted by atomic mass is 10.0. The van der Waals surface area contributed by atoms with Gasteiger partial charge in [-0.1, -0.05) is 29.8 Å². The summed E-state index contributed by atoms with van der Waals surface area (Å²) in [5, 5.41) is 13.6. The van der Waals surface area contributed by atoms with Crippen LogP contribution in [-0.2, 0) is 11.2 Å². The molecule has 0 radical (unpaired) electrons. The van der Waals surface area contributed by atoms with E-state index in [4.69, 9.17) is 21.1 Å². The quantitative estimate of drug-likeness (QED) is 0.774. The molecule has 0 aliphatic carbocycles. The fourth-order valence-corrected chi connectivity index (χ4v) is 3.86. The van der Waals surface area contributed by atoms with Crippen molar-refractivity contribution < 1.29 is 19.4 Å². The van der Waals surface area contributed by atoms with Crippen LogP contribution in [0.15, 0.2) is 36.4 Å². The van der Waals surface area contributed by atoms with Crippen molar-refractivity contribution in [2.24, 2.45) is 0 Å². The number of piperazine rings is 1. The molecule has 28 heavy (non-hydrogen) atoms. The molecule has 2 heterocycles. The smallest absolute Gasteiger partial charge is 0.234 e. The van der Waals surface area contributed by atoms with E-state index in [0.717, 1.165) is 29.8 Å². The zero-order valence-electron chi connectivity index (χ0n) is 15.5. The highest BCUT2D eigenvalue weighted by molar-refractivity contribution is 6.31. The molecular formula is C21H23ClN2O4. The van der Waals surface area contributed by atoms with E-state index in [9.17, 15) is 9.90 Å². The van der Waals surface area contributed by atoms with E-state index in [-0.39, 0.29) is 12.5 Å². The number of carbonyl (C=O) groups excluding carboxylic acids is 1. The standard InChI is InChI=1S/C21H23ClN2O4/c22-16-8-15(19-3-1-2-14-4-7-27-21(14)19)9-18(10-16)28-13-17(25)11-24-6-5-23-20(26)12-24/h1-3,8-10,17,25H,4-7,11-13H2,(H,23,26). The van der Waals surface area contributed by atoms with Crippen molar-refractivity contribution >= 4 is 17.5 Å². The molecule has 2 aromatic rings. The van der Waals surface area contributed by atoms with E-state index < -0.39 is 6.10 Å². The first-order valence-electron chi connectivity index (χ1n) is 9.44. The van der Waals surface area contributed by atoms with Crippen LogP contribution >= 0.6 is 11.6 Å². The van der Waals surface area contributed by atoms with Crippen molar-refractivity contribution in [2.45, 2.75) is 12.5 Å². The summed E-state index contributed by atoms with van der Waals surface area (Å²) in [4.78, 5) is 13.4. The Kier molecular flexibility index (Phi) is 5.71. The van der Waals surface area contributed by atoms with Crippen molar-refractivity contribution in [1.29, 1.82) is 0 Å². The van der Waals surface area contributed by atoms with Gasteiger partial charge in [-0.3, -0.25) is 9.69 Å². The Hall–Kier alpha value is -2.28. The topological polar surface area (TPSA) is 71.0 Å². The van der Waals surface area contributed by atoms with Gasteiger partial charge >= 0.3 is 0 Å². The lowest BCUT2D eigenvalue weighted by molar-refractivity contribution is -0.124. The van der Waals surface area contributed by atoms with E-state index in [2.05, 4.69) is 11.4 Å². The molecular weight excluding hydrogens is 380 g/mol. The number of halogens is 1. The zero-order valence-corrected chi connectivity index (χ0v) is 16.2. The number of nitrogens with zero attached hydrogens (tertiary/aromatic N) is 1. The third-order valence-electron chi connectivity index (χ3n) is 4.93. The van der Waals surface area contributed by atoms with Gasteiger partial charge in [0.2, 0.25) is 5.91 Å². The van der Waals surface area contributed by atoms with E-state index >= 15 is 0 Å². The fourth-order valence-electron chi connectivity index (χ4n) is 3.63. The van der Waals surface area contributed by atoms with Gasteiger partial charge in [0, 0.05) is 36.6 Å². The number of fused-ring (bicyclic) bond motifs is 1. The van der Waals surface area contributed by atoms with Crippen LogP contribution in [0.25, 0.3) is 11.1 Å². The number of hydrogen-bond acceptors (Lipinski definition) is 5. The lowest BCUT2D eigenvalue weighted by Crippen LogP contribution is -2.50. The molecule has 1 amide bonds. The molecule has 2 aliphatic rings. The number of β-amino-alcohol motifs (C(OH)–C–C–N with tert-alkyl or cyclic N) is 1. The highest BCUT2D eigenvalue weighted by Crippen LogP contribution is 2.39. The van der Waals surface area contributed by atoms with E-state index in [0.29, 0.717) is 37.0 Å². The van der Waals surface area contributed by atoms with Crippen LogP contribution in [0.2, 0.25) is 5.02 Å². The number of ether oxygens (including phenoxy) is 2. The second kappa shape index (κ2) is 8.39. The maximum absolute atomic E-state index is 11.4. The van der Waals surface area contributed by atoms with Crippen molar-refractivity contribution in [3.63, 3.8) is 0 Å². The first kappa shape index (κ1) is 19.1. The van der Waals surface area contributed by atoms with Crippen LogP contribution in [0.3, 0.4) is 0 Å². The number of rotatable bonds is 6. The Morgan fingerprint density at radius 3 is 3.07 bits per heavy atom. The van der Waals surface area contributed by atoms with Gasteiger partial charge in [-0.05, 0) is 29.3 Å². The summed E-state index contributed by atoms with van der Waals surface area (Å²) in [7, 11) is 0. The van der Waals surface area contributed by atoms with Gasteiger partial charge in [-0.2, -0.15) is 0 Å². The molecule has 1 saturated heterocycles. The van der Waals surface area contributed by atoms with Crippen molar-refractivity contribution in [1.82, 2.24) is 10.2 Å². The molecule has 1 unspecified atom stereocenters. The summed E-state index contributed by atoms with van der Waals surface area (Å²) in [6.45, 7) is 2.84. The number of benzene rings is 2. The third-order valence-corrected chi connectivity index (χ3v) is 5.14. The summed E-state index contributed by atoms with van der Waals surface area (Å²) in [6, 6.07) is 11.6. The minimum atomic E-state index is -0.697. The molecule has 4 rings (SSSR count). The Morgan fingerprint density at radius 2 is 2.21 bits per heavy atom. The van der Waals surface area contributed by atoms with Gasteiger partial charge in [-0.15, -0.1) is 0 Å². The molecule has 0 saturated carbocycles. The molecule has 148 valence electrons. The van der Waals surface area contributed by atoms with Crippen LogP contribution in [0.5, 0.6) is 11.5 Å². The van der Waals surface area contributed by atoms with E-state index in [1.165, 1.54) is 5.56 Å². The average molecular weight is 403 g/mol. The summed E-state index contributed by atoms with van der Waals surface area (Å²) < 4.78 is 11.6. The highest BCUT2D eigenvalue weighted by atomic mass is 35.5. The second-order valence-corrected chi connectivity index (χ2v) is 7.55. The summed E-state index contributed by atoms with van der Waals surface area (Å²) in [5.41, 5.74) is 3.10. The molecule has 1 fully saturated rings. The largest absolute Gasteiger partial charge is 0.492 e. The molecule has 1 atom stereocenters. The summed E-state index contributed by atoms with van der Waals surface area (Å²) >= 11 is 6.30. The SMILES string of the molecule is O=C1CN(CC(O)COc2cc(Cl)cc(-c3cccc4c3OCC4)c2)CCN1. The normalized spacial score (nSPS) is 17.6. The Morgan fingerprint density at radius 1 is 1.32 bits per heavy atom. The van der Waals surface area contributed by atoms with Gasteiger partial charge in [-0.25, -0.2) is 0 Å². The number of aliphatic hydroxyl groups is 1. The van der Waals surface area contributed by atoms with Crippen LogP contribution in [0.1, 0.15) is 5.56 Å². The molecule has 0 aromatic heterocycles. The van der Waals surface area contributed by atoms with Gasteiger partial charge < -0.3 is 19.9 Å². The molecule has 2 N–H and O–H groups in total. The summed E-state index contributed by atoms with van der Waals surface area (Å²) in [5.74, 6) is 1.48. The average Bonchev–Trinajstić information content (AvgIpc) is 3.15. The van der Waals surface area contributed by atoms with Crippen LogP contribution in [0.4, 0.5) is 0 Å². The molecule has 2 aromatic carbocycles. The van der Waals surface area contributed by atoms with E-state index in [1.807, 2.05) is 29.2 Å². The van der Waals surface area contributed by atoms with Crippen molar-refractivity contribution in [2.75, 3.05) is 39.4 Å². The zero-order chi connectivity index (χ0) is 19.5. The summed E-state index contributed by atoms with van der Waals surface area (Å²) in [6.07, 6.45) is 0.214. The second-order valence-electron chi connectivity index (χ2n) is 7.12. The Balaban J connectivity index is 1.43. The minimum Gasteiger partial charge on any atom is -0.492 e. The molecule has 2 aliphatic heterocycles. The first-order valence-corrected chi connectivity index (χ1v) is 9.82. The highest BCUT2D eigenvalue weighted by Gasteiger charge is 2.20. The predicted octanol–water partition coefficient (Wildman–Crippen LogP) is 2.11. The maximum atomic E-state index is 11.4. The fraction of sp³-hybridized carbons (Fsp3) is 0.381. The van der Waals surface area contributed by atoms with E-state index in [1.54, 1.807) is 6.07 Å². The van der Waals surface area contributed by atoms with Gasteiger partial charge in [0.1, 0.15) is 24.2 Å². The maximum Gasteiger partial charge on any atom is 0.234 e. The van der Waals surface area contributed by atoms with Gasteiger partial charge in [0.15, 0.2) is 0 Å². The van der Waals surface area contributed by atoms with Crippen LogP contribution < -0.4 is 14.8 Å². The first-order chi connectivity index (χ1) is 13.6. The number of carbonyl (C=O) groups is 1. The van der Waals surface area contributed by atoms with Crippen LogP contribution in [-0.4, -0.2) is 61.4 Å². The molecule has 0 spiro atoms. The number of nitrogens with one attached hydrogen (secondary N) is 1. The number of amides is 1. The van der Waals surface area contributed by atoms with Crippen molar-refractivity contribution in [3.05, 3.63) is 47.0 Å². The lowest BCUT2D eigenvalue weighted by Gasteiger charge is -2.28. The Bertz CT molecular complexity index is 873. The third kappa shape index (κ3) is 4.41. The van der Waals surface area contributed by atoms with Crippen molar-refractivity contribution in [3.8, 4) is 22.6 Å². The molecule has 0 bridgehead atoms. The Labute approximate surface area is 169 Å².